The first-order chi connectivity index (χ1) is 10.3. The van der Waals surface area contributed by atoms with E-state index in [-0.39, 0.29) is 0 Å². The number of aliphatic hydroxyl groups excluding tert-OH is 1. The van der Waals surface area contributed by atoms with E-state index in [0.717, 1.165) is 25.9 Å². The Morgan fingerprint density at radius 2 is 1.29 bits per heavy atom. The largest absolute Gasteiger partial charge is 0.396 e. The highest BCUT2D eigenvalue weighted by atomic mass is 16.3. The van der Waals surface area contributed by atoms with Crippen molar-refractivity contribution < 1.29 is 5.11 Å². The molecule has 1 saturated carbocycles. The molecule has 1 N–H and O–H groups in total. The third-order valence-corrected chi connectivity index (χ3v) is 4.44. The lowest BCUT2D eigenvalue weighted by Gasteiger charge is -2.42. The van der Waals surface area contributed by atoms with E-state index in [1.54, 1.807) is 0 Å². The third kappa shape index (κ3) is 3.72. The molecule has 0 amide bonds. The fourth-order valence-electron chi connectivity index (χ4n) is 3.10. The summed E-state index contributed by atoms with van der Waals surface area (Å²) in [7, 11) is 0. The minimum Gasteiger partial charge on any atom is -0.396 e. The number of aliphatic hydroxyl groups is 1. The van der Waals surface area contributed by atoms with Crippen LogP contribution in [0, 0.1) is 5.92 Å². The van der Waals surface area contributed by atoms with E-state index >= 15 is 0 Å². The standard InChI is InChI=1S/C19H23NO/c21-15-18-11-19(12-18)20(13-16-7-3-1-4-8-16)14-17-9-5-2-6-10-17/h1-10,18-19,21H,11-15H2/t18-,19+. The summed E-state index contributed by atoms with van der Waals surface area (Å²) in [5.41, 5.74) is 2.72. The van der Waals surface area contributed by atoms with Gasteiger partial charge in [-0.15, -0.1) is 0 Å². The molecule has 1 fully saturated rings. The Morgan fingerprint density at radius 1 is 0.810 bits per heavy atom. The molecule has 0 atom stereocenters. The monoisotopic (exact) mass is 281 g/mol. The quantitative estimate of drug-likeness (QED) is 0.876. The molecule has 0 radical (unpaired) electrons. The Bertz CT molecular complexity index is 493. The number of hydrogen-bond acceptors (Lipinski definition) is 2. The maximum absolute atomic E-state index is 9.25. The van der Waals surface area contributed by atoms with E-state index < -0.39 is 0 Å². The van der Waals surface area contributed by atoms with Crippen LogP contribution >= 0.6 is 0 Å². The lowest BCUT2D eigenvalue weighted by molar-refractivity contribution is 0.0354. The van der Waals surface area contributed by atoms with Gasteiger partial charge in [-0.25, -0.2) is 0 Å². The maximum Gasteiger partial charge on any atom is 0.0460 e. The lowest BCUT2D eigenvalue weighted by Crippen LogP contribution is -2.44. The molecule has 0 saturated heterocycles. The summed E-state index contributed by atoms with van der Waals surface area (Å²) in [6.07, 6.45) is 2.24. The van der Waals surface area contributed by atoms with Crippen molar-refractivity contribution in [2.45, 2.75) is 32.0 Å². The predicted molar refractivity (Wildman–Crippen MR) is 85.7 cm³/mol. The van der Waals surface area contributed by atoms with Gasteiger partial charge in [-0.3, -0.25) is 4.90 Å². The Labute approximate surface area is 127 Å². The molecule has 2 aromatic rings. The minimum atomic E-state index is 0.334. The van der Waals surface area contributed by atoms with Gasteiger partial charge in [0.25, 0.3) is 0 Å². The van der Waals surface area contributed by atoms with Crippen LogP contribution in [0.25, 0.3) is 0 Å². The molecule has 21 heavy (non-hydrogen) atoms. The highest BCUT2D eigenvalue weighted by Crippen LogP contribution is 2.33. The second kappa shape index (κ2) is 6.88. The second-order valence-electron chi connectivity index (χ2n) is 6.05. The molecule has 0 heterocycles. The van der Waals surface area contributed by atoms with Crippen molar-refractivity contribution in [3.05, 3.63) is 71.8 Å². The number of hydrogen-bond donors (Lipinski definition) is 1. The molecule has 3 rings (SSSR count). The molecule has 0 unspecified atom stereocenters. The van der Waals surface area contributed by atoms with Crippen LogP contribution in [0.5, 0.6) is 0 Å². The van der Waals surface area contributed by atoms with Crippen LogP contribution in [0.4, 0.5) is 0 Å². The van der Waals surface area contributed by atoms with E-state index in [4.69, 9.17) is 0 Å². The van der Waals surface area contributed by atoms with Gasteiger partial charge in [0.2, 0.25) is 0 Å². The van der Waals surface area contributed by atoms with Crippen LogP contribution in [-0.4, -0.2) is 22.7 Å². The van der Waals surface area contributed by atoms with Crippen molar-refractivity contribution in [1.82, 2.24) is 4.90 Å². The van der Waals surface area contributed by atoms with Gasteiger partial charge in [-0.2, -0.15) is 0 Å². The van der Waals surface area contributed by atoms with E-state index in [1.165, 1.54) is 11.1 Å². The van der Waals surface area contributed by atoms with Gasteiger partial charge >= 0.3 is 0 Å². The van der Waals surface area contributed by atoms with Crippen LogP contribution in [0.1, 0.15) is 24.0 Å². The second-order valence-corrected chi connectivity index (χ2v) is 6.05. The first kappa shape index (κ1) is 14.3. The molecule has 2 heteroatoms. The molecule has 1 aliphatic rings. The van der Waals surface area contributed by atoms with E-state index in [1.807, 2.05) is 0 Å². The van der Waals surface area contributed by atoms with E-state index in [9.17, 15) is 5.11 Å². The molecule has 110 valence electrons. The normalized spacial score (nSPS) is 21.2. The third-order valence-electron chi connectivity index (χ3n) is 4.44. The Morgan fingerprint density at radius 3 is 1.71 bits per heavy atom. The Balaban J connectivity index is 1.69. The number of rotatable bonds is 6. The van der Waals surface area contributed by atoms with Crippen molar-refractivity contribution in [3.8, 4) is 0 Å². The van der Waals surface area contributed by atoms with Crippen molar-refractivity contribution >= 4 is 0 Å². The smallest absolute Gasteiger partial charge is 0.0460 e. The zero-order valence-electron chi connectivity index (χ0n) is 12.4. The van der Waals surface area contributed by atoms with Crippen molar-refractivity contribution in [2.24, 2.45) is 5.92 Å². The molecular weight excluding hydrogens is 258 g/mol. The zero-order chi connectivity index (χ0) is 14.5. The van der Waals surface area contributed by atoms with E-state index in [2.05, 4.69) is 65.6 Å². The van der Waals surface area contributed by atoms with Gasteiger partial charge in [0.1, 0.15) is 0 Å². The molecule has 2 nitrogen and oxygen atoms in total. The van der Waals surface area contributed by atoms with Crippen LogP contribution < -0.4 is 0 Å². The number of benzene rings is 2. The minimum absolute atomic E-state index is 0.334. The first-order valence-electron chi connectivity index (χ1n) is 7.78. The van der Waals surface area contributed by atoms with Crippen LogP contribution in [-0.2, 0) is 13.1 Å². The number of nitrogens with zero attached hydrogens (tertiary/aromatic N) is 1. The highest BCUT2D eigenvalue weighted by molar-refractivity contribution is 5.17. The van der Waals surface area contributed by atoms with Crippen molar-refractivity contribution in [2.75, 3.05) is 6.61 Å². The molecule has 0 aliphatic heterocycles. The lowest BCUT2D eigenvalue weighted by atomic mass is 9.79. The van der Waals surface area contributed by atoms with Gasteiger partial charge in [0, 0.05) is 25.7 Å². The van der Waals surface area contributed by atoms with E-state index in [0.29, 0.717) is 18.6 Å². The summed E-state index contributed by atoms with van der Waals surface area (Å²) in [5, 5.41) is 9.25. The van der Waals surface area contributed by atoms with Crippen LogP contribution in [0.3, 0.4) is 0 Å². The van der Waals surface area contributed by atoms with Gasteiger partial charge in [-0.1, -0.05) is 60.7 Å². The van der Waals surface area contributed by atoms with Gasteiger partial charge in [0.15, 0.2) is 0 Å². The van der Waals surface area contributed by atoms with Gasteiger partial charge in [-0.05, 0) is 29.9 Å². The Hall–Kier alpha value is -1.64. The van der Waals surface area contributed by atoms with Gasteiger partial charge < -0.3 is 5.11 Å². The Kier molecular flexibility index (Phi) is 4.69. The predicted octanol–water partition coefficient (Wildman–Crippen LogP) is 3.46. The highest BCUT2D eigenvalue weighted by Gasteiger charge is 2.32. The first-order valence-corrected chi connectivity index (χ1v) is 7.78. The fourth-order valence-corrected chi connectivity index (χ4v) is 3.10. The summed E-state index contributed by atoms with van der Waals surface area (Å²) in [6, 6.07) is 21.9. The SMILES string of the molecule is OC[C@H]1C[C@@H](N(Cc2ccccc2)Cc2ccccc2)C1. The zero-order valence-corrected chi connectivity index (χ0v) is 12.4. The molecular formula is C19H23NO. The summed E-state index contributed by atoms with van der Waals surface area (Å²) in [6.45, 7) is 2.30. The molecule has 0 aromatic heterocycles. The molecule has 0 spiro atoms. The van der Waals surface area contributed by atoms with Gasteiger partial charge in [0.05, 0.1) is 0 Å². The average Bonchev–Trinajstić information content (AvgIpc) is 2.48. The maximum atomic E-state index is 9.25. The fraction of sp³-hybridized carbons (Fsp3) is 0.368. The molecule has 0 bridgehead atoms. The van der Waals surface area contributed by atoms with Crippen molar-refractivity contribution in [1.29, 1.82) is 0 Å². The topological polar surface area (TPSA) is 23.5 Å². The summed E-state index contributed by atoms with van der Waals surface area (Å²) < 4.78 is 0. The van der Waals surface area contributed by atoms with Crippen LogP contribution in [0.15, 0.2) is 60.7 Å². The molecule has 1 aliphatic carbocycles. The van der Waals surface area contributed by atoms with Crippen LogP contribution in [0.2, 0.25) is 0 Å². The average molecular weight is 281 g/mol. The van der Waals surface area contributed by atoms with Crippen molar-refractivity contribution in [3.63, 3.8) is 0 Å². The molecule has 2 aromatic carbocycles. The summed E-state index contributed by atoms with van der Waals surface area (Å²) in [4.78, 5) is 2.55. The summed E-state index contributed by atoms with van der Waals surface area (Å²) in [5.74, 6) is 0.504. The summed E-state index contributed by atoms with van der Waals surface area (Å²) >= 11 is 0.